The molecule has 0 saturated heterocycles. The van der Waals surface area contributed by atoms with Crippen LogP contribution in [0.5, 0.6) is 0 Å². The number of aromatic amines is 1. The summed E-state index contributed by atoms with van der Waals surface area (Å²) in [6.07, 6.45) is 0.541. The Morgan fingerprint density at radius 1 is 1.27 bits per heavy atom. The Balaban J connectivity index is 2.32. The number of nitrogens with zero attached hydrogens (tertiary/aromatic N) is 2. The van der Waals surface area contributed by atoms with E-state index in [-0.39, 0.29) is 5.56 Å². The molecule has 0 aliphatic heterocycles. The summed E-state index contributed by atoms with van der Waals surface area (Å²) in [5.74, 6) is 0.584. The van der Waals surface area contributed by atoms with E-state index >= 15 is 0 Å². The lowest BCUT2D eigenvalue weighted by Gasteiger charge is -1.99. The number of nitrogens with one attached hydrogen (secondary N) is 1. The molecule has 4 nitrogen and oxygen atoms in total. The summed E-state index contributed by atoms with van der Waals surface area (Å²) in [5.41, 5.74) is 1.36. The molecule has 1 aromatic carbocycles. The van der Waals surface area contributed by atoms with Crippen molar-refractivity contribution in [3.63, 3.8) is 0 Å². The highest BCUT2D eigenvalue weighted by atomic mass is 16.1. The summed E-state index contributed by atoms with van der Waals surface area (Å²) < 4.78 is 0. The fourth-order valence-corrected chi connectivity index (χ4v) is 1.38. The third kappa shape index (κ3) is 2.28. The number of aryl methyl sites for hydroxylation is 1. The van der Waals surface area contributed by atoms with Gasteiger partial charge in [-0.05, 0) is 12.5 Å². The number of hydrogen-bond donors (Lipinski definition) is 1. The molecule has 0 aliphatic carbocycles. The second-order valence-corrected chi connectivity index (χ2v) is 3.32. The van der Waals surface area contributed by atoms with E-state index in [9.17, 15) is 4.79 Å². The minimum atomic E-state index is -0.218. The third-order valence-electron chi connectivity index (χ3n) is 2.09. The van der Waals surface area contributed by atoms with Gasteiger partial charge in [0.2, 0.25) is 0 Å². The second-order valence-electron chi connectivity index (χ2n) is 3.32. The van der Waals surface area contributed by atoms with Crippen molar-refractivity contribution in [1.29, 1.82) is 0 Å². The normalized spacial score (nSPS) is 10.2. The molecule has 0 radical (unpaired) electrons. The molecular formula is C11H11N3O. The standard InChI is InChI=1S/C11H11N3O/c1-8-12-10(11(15)14-13-8)7-9-5-3-2-4-6-9/h2-6H,7H2,1H3,(H,14,15). The van der Waals surface area contributed by atoms with Crippen LogP contribution in [0.2, 0.25) is 0 Å². The van der Waals surface area contributed by atoms with Crippen LogP contribution >= 0.6 is 0 Å². The zero-order valence-corrected chi connectivity index (χ0v) is 8.40. The topological polar surface area (TPSA) is 58.6 Å². The first kappa shape index (κ1) is 9.58. The second kappa shape index (κ2) is 4.04. The predicted octanol–water partition coefficient (Wildman–Crippen LogP) is 1.06. The van der Waals surface area contributed by atoms with Crippen molar-refractivity contribution in [3.8, 4) is 0 Å². The van der Waals surface area contributed by atoms with Gasteiger partial charge in [-0.25, -0.2) is 10.1 Å². The summed E-state index contributed by atoms with van der Waals surface area (Å²) in [6, 6.07) is 9.77. The van der Waals surface area contributed by atoms with Crippen molar-refractivity contribution < 1.29 is 0 Å². The first-order valence-electron chi connectivity index (χ1n) is 4.72. The van der Waals surface area contributed by atoms with Crippen LogP contribution in [-0.4, -0.2) is 15.2 Å². The van der Waals surface area contributed by atoms with Gasteiger partial charge in [0.1, 0.15) is 11.5 Å². The van der Waals surface area contributed by atoms with Crippen LogP contribution in [0.1, 0.15) is 17.1 Å². The smallest absolute Gasteiger partial charge is 0.266 e. The molecule has 76 valence electrons. The summed E-state index contributed by atoms with van der Waals surface area (Å²) in [4.78, 5) is 15.5. The molecule has 0 bridgehead atoms. The average Bonchev–Trinajstić information content (AvgIpc) is 2.25. The molecule has 2 aromatic rings. The Bertz CT molecular complexity index is 505. The van der Waals surface area contributed by atoms with Crippen LogP contribution in [0, 0.1) is 6.92 Å². The van der Waals surface area contributed by atoms with E-state index in [1.54, 1.807) is 6.92 Å². The molecule has 0 atom stereocenters. The van der Waals surface area contributed by atoms with Crippen molar-refractivity contribution in [1.82, 2.24) is 15.2 Å². The zero-order chi connectivity index (χ0) is 10.7. The molecule has 2 rings (SSSR count). The molecular weight excluding hydrogens is 190 g/mol. The Morgan fingerprint density at radius 2 is 2.00 bits per heavy atom. The highest BCUT2D eigenvalue weighted by Gasteiger charge is 2.03. The summed E-state index contributed by atoms with van der Waals surface area (Å²) in [5, 5.41) is 6.15. The Morgan fingerprint density at radius 3 is 2.73 bits per heavy atom. The Hall–Kier alpha value is -1.97. The lowest BCUT2D eigenvalue weighted by Crippen LogP contribution is -2.18. The van der Waals surface area contributed by atoms with Gasteiger partial charge in [0, 0.05) is 6.42 Å². The van der Waals surface area contributed by atoms with Gasteiger partial charge in [0.15, 0.2) is 0 Å². The summed E-state index contributed by atoms with van der Waals surface area (Å²) >= 11 is 0. The van der Waals surface area contributed by atoms with Gasteiger partial charge in [0.05, 0.1) is 0 Å². The van der Waals surface area contributed by atoms with E-state index in [1.807, 2.05) is 30.3 Å². The van der Waals surface area contributed by atoms with Gasteiger partial charge in [0.25, 0.3) is 5.56 Å². The number of hydrogen-bond acceptors (Lipinski definition) is 3. The van der Waals surface area contributed by atoms with Crippen molar-refractivity contribution in [3.05, 3.63) is 57.8 Å². The van der Waals surface area contributed by atoms with Crippen LogP contribution in [0.25, 0.3) is 0 Å². The highest BCUT2D eigenvalue weighted by molar-refractivity contribution is 5.20. The zero-order valence-electron chi connectivity index (χ0n) is 8.40. The van der Waals surface area contributed by atoms with E-state index in [0.717, 1.165) is 5.56 Å². The van der Waals surface area contributed by atoms with Gasteiger partial charge in [-0.2, -0.15) is 5.10 Å². The molecule has 0 aliphatic rings. The maximum absolute atomic E-state index is 11.4. The number of H-pyrrole nitrogens is 1. The first-order valence-corrected chi connectivity index (χ1v) is 4.72. The van der Waals surface area contributed by atoms with Gasteiger partial charge < -0.3 is 0 Å². The van der Waals surface area contributed by atoms with Crippen molar-refractivity contribution in [2.24, 2.45) is 0 Å². The molecule has 1 N–H and O–H groups in total. The van der Waals surface area contributed by atoms with Gasteiger partial charge in [-0.3, -0.25) is 4.79 Å². The highest BCUT2D eigenvalue weighted by Crippen LogP contribution is 2.02. The third-order valence-corrected chi connectivity index (χ3v) is 2.09. The molecule has 1 heterocycles. The van der Waals surface area contributed by atoms with E-state index in [1.165, 1.54) is 0 Å². The van der Waals surface area contributed by atoms with Crippen LogP contribution in [-0.2, 0) is 6.42 Å². The van der Waals surface area contributed by atoms with Crippen LogP contribution in [0.3, 0.4) is 0 Å². The van der Waals surface area contributed by atoms with E-state index < -0.39 is 0 Å². The van der Waals surface area contributed by atoms with E-state index in [4.69, 9.17) is 0 Å². The van der Waals surface area contributed by atoms with Crippen molar-refractivity contribution in [2.45, 2.75) is 13.3 Å². The van der Waals surface area contributed by atoms with E-state index in [2.05, 4.69) is 15.2 Å². The summed E-state index contributed by atoms with van der Waals surface area (Å²) in [6.45, 7) is 1.75. The minimum Gasteiger partial charge on any atom is -0.266 e. The monoisotopic (exact) mass is 201 g/mol. The maximum atomic E-state index is 11.4. The Kier molecular flexibility index (Phi) is 2.58. The number of aromatic nitrogens is 3. The molecule has 0 spiro atoms. The average molecular weight is 201 g/mol. The summed E-state index contributed by atoms with van der Waals surface area (Å²) in [7, 11) is 0. The molecule has 4 heteroatoms. The molecule has 1 aromatic heterocycles. The van der Waals surface area contributed by atoms with Crippen molar-refractivity contribution >= 4 is 0 Å². The predicted molar refractivity (Wildman–Crippen MR) is 56.6 cm³/mol. The van der Waals surface area contributed by atoms with Gasteiger partial charge in [-0.1, -0.05) is 30.3 Å². The van der Waals surface area contributed by atoms with Crippen molar-refractivity contribution in [2.75, 3.05) is 0 Å². The Labute approximate surface area is 87.0 Å². The molecule has 15 heavy (non-hydrogen) atoms. The molecule has 0 unspecified atom stereocenters. The lowest BCUT2D eigenvalue weighted by molar-refractivity contribution is 0.831. The fraction of sp³-hybridized carbons (Fsp3) is 0.182. The lowest BCUT2D eigenvalue weighted by atomic mass is 10.1. The first-order chi connectivity index (χ1) is 7.25. The van der Waals surface area contributed by atoms with Crippen LogP contribution in [0.4, 0.5) is 0 Å². The minimum absolute atomic E-state index is 0.218. The maximum Gasteiger partial charge on any atom is 0.286 e. The number of benzene rings is 1. The van der Waals surface area contributed by atoms with Gasteiger partial charge >= 0.3 is 0 Å². The van der Waals surface area contributed by atoms with Gasteiger partial charge in [-0.15, -0.1) is 0 Å². The van der Waals surface area contributed by atoms with Crippen LogP contribution < -0.4 is 5.56 Å². The molecule has 0 saturated carbocycles. The fourth-order valence-electron chi connectivity index (χ4n) is 1.38. The largest absolute Gasteiger partial charge is 0.286 e. The van der Waals surface area contributed by atoms with Crippen LogP contribution in [0.15, 0.2) is 35.1 Å². The van der Waals surface area contributed by atoms with E-state index in [0.29, 0.717) is 17.9 Å². The molecule has 0 fully saturated rings. The number of rotatable bonds is 2. The quantitative estimate of drug-likeness (QED) is 0.790. The molecule has 0 amide bonds. The SMILES string of the molecule is Cc1n[nH]c(=O)c(Cc2ccccc2)n1.